The zero-order chi connectivity index (χ0) is 21.6. The van der Waals surface area contributed by atoms with Crippen LogP contribution < -0.4 is 10.2 Å². The van der Waals surface area contributed by atoms with Crippen LogP contribution in [0.4, 0.5) is 10.9 Å². The lowest BCUT2D eigenvalue weighted by Gasteiger charge is -2.32. The number of thiazole rings is 1. The summed E-state index contributed by atoms with van der Waals surface area (Å²) in [7, 11) is 0. The fourth-order valence-electron chi connectivity index (χ4n) is 3.49. The van der Waals surface area contributed by atoms with Crippen molar-refractivity contribution >= 4 is 34.2 Å². The van der Waals surface area contributed by atoms with Crippen LogP contribution in [0.25, 0.3) is 11.3 Å². The van der Waals surface area contributed by atoms with E-state index in [1.165, 1.54) is 11.3 Å². The van der Waals surface area contributed by atoms with Crippen LogP contribution in [0.5, 0.6) is 0 Å². The molecule has 9 heteroatoms. The number of carbonyl (C=O) groups excluding carboxylic acids is 2. The summed E-state index contributed by atoms with van der Waals surface area (Å²) in [6, 6.07) is 13.8. The molecule has 1 aliphatic heterocycles. The number of aromatic nitrogens is 3. The Hall–Kier alpha value is -3.33. The normalized spacial score (nSPS) is 16.0. The quantitative estimate of drug-likeness (QED) is 0.588. The second-order valence-electron chi connectivity index (χ2n) is 7.18. The van der Waals surface area contributed by atoms with Crippen LogP contribution in [-0.2, 0) is 9.53 Å². The summed E-state index contributed by atoms with van der Waals surface area (Å²) in [6.07, 6.45) is 1.67. The van der Waals surface area contributed by atoms with E-state index in [4.69, 9.17) is 4.74 Å². The lowest BCUT2D eigenvalue weighted by Crippen LogP contribution is -2.41. The second kappa shape index (κ2) is 9.65. The number of carbonyl (C=O) groups is 2. The summed E-state index contributed by atoms with van der Waals surface area (Å²) in [4.78, 5) is 30.8. The van der Waals surface area contributed by atoms with Gasteiger partial charge in [0.2, 0.25) is 5.91 Å². The van der Waals surface area contributed by atoms with E-state index in [0.717, 1.165) is 36.5 Å². The van der Waals surface area contributed by atoms with Crippen molar-refractivity contribution in [1.29, 1.82) is 0 Å². The van der Waals surface area contributed by atoms with Gasteiger partial charge in [-0.15, -0.1) is 21.5 Å². The number of anilines is 2. The van der Waals surface area contributed by atoms with Gasteiger partial charge in [-0.05, 0) is 31.9 Å². The lowest BCUT2D eigenvalue weighted by molar-refractivity contribution is -0.120. The van der Waals surface area contributed by atoms with Crippen molar-refractivity contribution in [1.82, 2.24) is 15.2 Å². The first-order chi connectivity index (χ1) is 15.1. The largest absolute Gasteiger partial charge is 0.461 e. The van der Waals surface area contributed by atoms with E-state index >= 15 is 0 Å². The molecule has 0 aliphatic carbocycles. The van der Waals surface area contributed by atoms with E-state index in [0.29, 0.717) is 11.7 Å². The Balaban J connectivity index is 1.38. The van der Waals surface area contributed by atoms with E-state index in [1.54, 1.807) is 12.3 Å². The van der Waals surface area contributed by atoms with E-state index in [1.807, 2.05) is 42.5 Å². The molecule has 160 valence electrons. The Kier molecular flexibility index (Phi) is 6.51. The highest BCUT2D eigenvalue weighted by Crippen LogP contribution is 2.25. The number of esters is 1. The van der Waals surface area contributed by atoms with Gasteiger partial charge < -0.3 is 15.0 Å². The molecule has 1 saturated heterocycles. The molecule has 1 aliphatic rings. The molecule has 0 bridgehead atoms. The molecular formula is C22H23N5O3S. The average Bonchev–Trinajstić information content (AvgIpc) is 3.29. The van der Waals surface area contributed by atoms with Crippen LogP contribution >= 0.6 is 11.3 Å². The lowest BCUT2D eigenvalue weighted by atomic mass is 9.97. The maximum atomic E-state index is 12.8. The number of rotatable bonds is 6. The van der Waals surface area contributed by atoms with Gasteiger partial charge in [-0.3, -0.25) is 4.79 Å². The SMILES string of the molecule is CCOC(=O)c1csc(NC(=O)[C@@H]2CCCN(c3ccc(-c4ccccc4)nn3)C2)n1. The molecule has 1 amide bonds. The number of ether oxygens (including phenoxy) is 1. The smallest absolute Gasteiger partial charge is 0.357 e. The zero-order valence-corrected chi connectivity index (χ0v) is 18.0. The van der Waals surface area contributed by atoms with Gasteiger partial charge in [-0.25, -0.2) is 9.78 Å². The highest BCUT2D eigenvalue weighted by Gasteiger charge is 2.27. The number of piperidine rings is 1. The molecule has 1 aromatic carbocycles. The molecule has 0 unspecified atom stereocenters. The maximum Gasteiger partial charge on any atom is 0.357 e. The third-order valence-corrected chi connectivity index (χ3v) is 5.81. The summed E-state index contributed by atoms with van der Waals surface area (Å²) in [6.45, 7) is 3.40. The van der Waals surface area contributed by atoms with E-state index in [2.05, 4.69) is 25.4 Å². The van der Waals surface area contributed by atoms with Crippen molar-refractivity contribution in [2.45, 2.75) is 19.8 Å². The van der Waals surface area contributed by atoms with Crippen molar-refractivity contribution in [3.8, 4) is 11.3 Å². The number of hydrogen-bond donors (Lipinski definition) is 1. The minimum Gasteiger partial charge on any atom is -0.461 e. The molecule has 3 heterocycles. The van der Waals surface area contributed by atoms with E-state index < -0.39 is 5.97 Å². The highest BCUT2D eigenvalue weighted by atomic mass is 32.1. The van der Waals surface area contributed by atoms with Gasteiger partial charge in [0.05, 0.1) is 18.2 Å². The molecule has 8 nitrogen and oxygen atoms in total. The van der Waals surface area contributed by atoms with Gasteiger partial charge in [0.15, 0.2) is 16.6 Å². The predicted molar refractivity (Wildman–Crippen MR) is 119 cm³/mol. The van der Waals surface area contributed by atoms with E-state index in [9.17, 15) is 9.59 Å². The number of nitrogens with zero attached hydrogens (tertiary/aromatic N) is 4. The van der Waals surface area contributed by atoms with Crippen LogP contribution in [0, 0.1) is 5.92 Å². The molecule has 3 aromatic rings. The first kappa shape index (κ1) is 20.9. The van der Waals surface area contributed by atoms with Crippen LogP contribution in [0.2, 0.25) is 0 Å². The molecule has 1 atom stereocenters. The van der Waals surface area contributed by atoms with Crippen LogP contribution in [0.1, 0.15) is 30.3 Å². The zero-order valence-electron chi connectivity index (χ0n) is 17.2. The molecule has 0 saturated carbocycles. The third-order valence-electron chi connectivity index (χ3n) is 5.06. The summed E-state index contributed by atoms with van der Waals surface area (Å²) >= 11 is 1.21. The minimum atomic E-state index is -0.486. The fourth-order valence-corrected chi connectivity index (χ4v) is 4.18. The summed E-state index contributed by atoms with van der Waals surface area (Å²) in [5.74, 6) is -0.0285. The number of amides is 1. The monoisotopic (exact) mass is 437 g/mol. The van der Waals surface area contributed by atoms with Crippen molar-refractivity contribution in [3.05, 3.63) is 53.5 Å². The van der Waals surface area contributed by atoms with Crippen molar-refractivity contribution in [2.24, 2.45) is 5.92 Å². The molecule has 0 spiro atoms. The molecule has 31 heavy (non-hydrogen) atoms. The number of benzene rings is 1. The molecule has 2 aromatic heterocycles. The third kappa shape index (κ3) is 5.05. The minimum absolute atomic E-state index is 0.108. The second-order valence-corrected chi connectivity index (χ2v) is 8.03. The summed E-state index contributed by atoms with van der Waals surface area (Å²) in [5, 5.41) is 13.5. The standard InChI is InChI=1S/C22H23N5O3S/c1-2-30-21(29)18-14-31-22(23-18)24-20(28)16-9-6-12-27(13-16)19-11-10-17(25-26-19)15-7-4-3-5-8-15/h3-5,7-8,10-11,14,16H,2,6,9,12-13H2,1H3,(H,23,24,28)/t16-/m1/s1. The molecule has 1 fully saturated rings. The Morgan fingerprint density at radius 1 is 1.19 bits per heavy atom. The van der Waals surface area contributed by atoms with Gasteiger partial charge in [0.1, 0.15) is 0 Å². The Morgan fingerprint density at radius 2 is 2.03 bits per heavy atom. The van der Waals surface area contributed by atoms with Crippen LogP contribution in [0.15, 0.2) is 47.8 Å². The van der Waals surface area contributed by atoms with Crippen molar-refractivity contribution < 1.29 is 14.3 Å². The fraction of sp³-hybridized carbons (Fsp3) is 0.318. The number of nitrogens with one attached hydrogen (secondary N) is 1. The van der Waals surface area contributed by atoms with Crippen LogP contribution in [0.3, 0.4) is 0 Å². The van der Waals surface area contributed by atoms with Gasteiger partial charge in [0.25, 0.3) is 0 Å². The first-order valence-electron chi connectivity index (χ1n) is 10.2. The molecule has 0 radical (unpaired) electrons. The van der Waals surface area contributed by atoms with Crippen molar-refractivity contribution in [2.75, 3.05) is 29.9 Å². The van der Waals surface area contributed by atoms with Gasteiger partial charge in [0, 0.05) is 24.0 Å². The summed E-state index contributed by atoms with van der Waals surface area (Å²) < 4.78 is 4.94. The van der Waals surface area contributed by atoms with E-state index in [-0.39, 0.29) is 24.1 Å². The van der Waals surface area contributed by atoms with Gasteiger partial charge >= 0.3 is 5.97 Å². The molecule has 1 N–H and O–H groups in total. The van der Waals surface area contributed by atoms with Gasteiger partial charge in [-0.1, -0.05) is 30.3 Å². The van der Waals surface area contributed by atoms with Crippen molar-refractivity contribution in [3.63, 3.8) is 0 Å². The predicted octanol–water partition coefficient (Wildman–Crippen LogP) is 3.63. The topological polar surface area (TPSA) is 97.3 Å². The Bertz CT molecular complexity index is 1040. The number of hydrogen-bond acceptors (Lipinski definition) is 8. The van der Waals surface area contributed by atoms with Gasteiger partial charge in [-0.2, -0.15) is 0 Å². The Labute approximate surface area is 184 Å². The first-order valence-corrected chi connectivity index (χ1v) is 11.1. The maximum absolute atomic E-state index is 12.8. The molecule has 4 rings (SSSR count). The van der Waals surface area contributed by atoms with Crippen LogP contribution in [-0.4, -0.2) is 46.8 Å². The summed E-state index contributed by atoms with van der Waals surface area (Å²) in [5.41, 5.74) is 2.04. The Morgan fingerprint density at radius 3 is 2.77 bits per heavy atom. The average molecular weight is 438 g/mol. The molecular weight excluding hydrogens is 414 g/mol. The highest BCUT2D eigenvalue weighted by molar-refractivity contribution is 7.14.